The summed E-state index contributed by atoms with van der Waals surface area (Å²) in [6, 6.07) is 19.5. The Kier molecular flexibility index (Phi) is 9.87. The Bertz CT molecular complexity index is 1600. The number of hydrogen-bond donors (Lipinski definition) is 2. The lowest BCUT2D eigenvalue weighted by molar-refractivity contribution is 0.102. The number of carbonyl (C=O) groups is 1. The van der Waals surface area contributed by atoms with Crippen LogP contribution in [0.5, 0.6) is 17.4 Å². The molecule has 2 N–H and O–H groups in total. The molecule has 1 aliphatic rings. The number of carbonyl (C=O) groups excluding carboxylic acids is 1. The van der Waals surface area contributed by atoms with E-state index >= 15 is 0 Å². The molecule has 5 rings (SSSR count). The van der Waals surface area contributed by atoms with Crippen LogP contribution in [0.1, 0.15) is 42.3 Å². The van der Waals surface area contributed by atoms with Gasteiger partial charge in [-0.2, -0.15) is 4.98 Å². The van der Waals surface area contributed by atoms with E-state index in [-0.39, 0.29) is 23.3 Å². The van der Waals surface area contributed by atoms with Gasteiger partial charge in [0.05, 0.1) is 17.3 Å². The number of hydrogen-bond acceptors (Lipinski definition) is 8. The van der Waals surface area contributed by atoms with Crippen LogP contribution in [0.25, 0.3) is 0 Å². The second kappa shape index (κ2) is 14.0. The minimum absolute atomic E-state index is 0.0872. The topological polar surface area (TPSA) is 91.9 Å². The second-order valence-corrected chi connectivity index (χ2v) is 11.4. The number of amides is 1. The Morgan fingerprint density at radius 1 is 0.977 bits per heavy atom. The number of ether oxygens (including phenoxy) is 2. The molecule has 1 saturated heterocycles. The minimum atomic E-state index is -0.386. The molecule has 10 heteroatoms. The van der Waals surface area contributed by atoms with Crippen molar-refractivity contribution in [3.05, 3.63) is 88.6 Å². The lowest BCUT2D eigenvalue weighted by Gasteiger charge is -2.38. The van der Waals surface area contributed by atoms with E-state index < -0.39 is 0 Å². The first kappa shape index (κ1) is 31.1. The highest BCUT2D eigenvalue weighted by molar-refractivity contribution is 6.33. The smallest absolute Gasteiger partial charge is 0.262 e. The predicted molar refractivity (Wildman–Crippen MR) is 177 cm³/mol. The van der Waals surface area contributed by atoms with Crippen LogP contribution in [0, 0.1) is 13.8 Å². The number of aryl methyl sites for hydroxylation is 2. The fourth-order valence-electron chi connectivity index (χ4n) is 5.22. The standard InChI is InChI=1S/C34H39ClN6O3/c1-6-43-29-12-7-8-13-30(29)44-33-26(32(42)38-31-23(4)10-9-11-24(31)5)21-36-34(39-33)37-25-14-15-28(27(35)20-25)41-18-16-40(17-19-41)22(2)3/h7-15,20-22H,6,16-19H2,1-5H3,(H,38,42)(H,36,37,39). The van der Waals surface area contributed by atoms with Gasteiger partial charge < -0.3 is 25.0 Å². The van der Waals surface area contributed by atoms with Crippen molar-refractivity contribution < 1.29 is 14.3 Å². The van der Waals surface area contributed by atoms with Gasteiger partial charge in [-0.3, -0.25) is 9.69 Å². The predicted octanol–water partition coefficient (Wildman–Crippen LogP) is 7.46. The quantitative estimate of drug-likeness (QED) is 0.190. The average Bonchev–Trinajstić information content (AvgIpc) is 3.00. The number of para-hydroxylation sites is 3. The van der Waals surface area contributed by atoms with E-state index in [1.807, 2.05) is 75.4 Å². The fraction of sp³-hybridized carbons (Fsp3) is 0.324. The van der Waals surface area contributed by atoms with E-state index in [1.165, 1.54) is 6.20 Å². The van der Waals surface area contributed by atoms with Crippen LogP contribution in [0.4, 0.5) is 23.0 Å². The van der Waals surface area contributed by atoms with Gasteiger partial charge in [0.1, 0.15) is 5.56 Å². The molecule has 1 amide bonds. The second-order valence-electron chi connectivity index (χ2n) is 11.0. The summed E-state index contributed by atoms with van der Waals surface area (Å²) in [7, 11) is 0. The molecule has 2 heterocycles. The lowest BCUT2D eigenvalue weighted by Crippen LogP contribution is -2.49. The van der Waals surface area contributed by atoms with E-state index in [0.717, 1.165) is 48.7 Å². The van der Waals surface area contributed by atoms with Crippen molar-refractivity contribution in [2.75, 3.05) is 48.3 Å². The highest BCUT2D eigenvalue weighted by atomic mass is 35.5. The van der Waals surface area contributed by atoms with E-state index in [0.29, 0.717) is 34.9 Å². The summed E-state index contributed by atoms with van der Waals surface area (Å²) in [6.45, 7) is 14.5. The molecule has 230 valence electrons. The molecule has 0 aliphatic carbocycles. The van der Waals surface area contributed by atoms with Gasteiger partial charge in [-0.1, -0.05) is 41.9 Å². The Hall–Kier alpha value is -4.34. The molecule has 9 nitrogen and oxygen atoms in total. The van der Waals surface area contributed by atoms with Crippen molar-refractivity contribution in [3.63, 3.8) is 0 Å². The van der Waals surface area contributed by atoms with Crippen LogP contribution in [0.15, 0.2) is 66.9 Å². The number of halogens is 1. The van der Waals surface area contributed by atoms with Crippen molar-refractivity contribution in [2.24, 2.45) is 0 Å². The molecule has 1 fully saturated rings. The zero-order valence-electron chi connectivity index (χ0n) is 25.9. The minimum Gasteiger partial charge on any atom is -0.490 e. The molecule has 0 unspecified atom stereocenters. The van der Waals surface area contributed by atoms with Crippen molar-refractivity contribution >= 4 is 40.5 Å². The first-order chi connectivity index (χ1) is 21.2. The highest BCUT2D eigenvalue weighted by Gasteiger charge is 2.22. The molecule has 4 aromatic rings. The van der Waals surface area contributed by atoms with Gasteiger partial charge in [-0.25, -0.2) is 4.98 Å². The lowest BCUT2D eigenvalue weighted by atomic mass is 10.1. The molecule has 44 heavy (non-hydrogen) atoms. The molecule has 0 saturated carbocycles. The molecule has 0 bridgehead atoms. The van der Waals surface area contributed by atoms with E-state index in [9.17, 15) is 4.79 Å². The monoisotopic (exact) mass is 614 g/mol. The number of rotatable bonds is 10. The zero-order valence-corrected chi connectivity index (χ0v) is 26.6. The van der Waals surface area contributed by atoms with Crippen molar-refractivity contribution in [2.45, 2.75) is 40.7 Å². The third-order valence-electron chi connectivity index (χ3n) is 7.66. The summed E-state index contributed by atoms with van der Waals surface area (Å²) in [5.41, 5.74) is 4.52. The molecule has 0 atom stereocenters. The van der Waals surface area contributed by atoms with Crippen molar-refractivity contribution in [3.8, 4) is 17.4 Å². The summed E-state index contributed by atoms with van der Waals surface area (Å²) in [5, 5.41) is 6.87. The summed E-state index contributed by atoms with van der Waals surface area (Å²) >= 11 is 6.76. The number of anilines is 4. The highest BCUT2D eigenvalue weighted by Crippen LogP contribution is 2.34. The van der Waals surface area contributed by atoms with Gasteiger partial charge in [0.25, 0.3) is 5.91 Å². The largest absolute Gasteiger partial charge is 0.490 e. The van der Waals surface area contributed by atoms with Crippen LogP contribution < -0.4 is 25.0 Å². The van der Waals surface area contributed by atoms with E-state index in [2.05, 4.69) is 44.2 Å². The number of nitrogens with zero attached hydrogens (tertiary/aromatic N) is 4. The van der Waals surface area contributed by atoms with E-state index in [4.69, 9.17) is 21.1 Å². The summed E-state index contributed by atoms with van der Waals surface area (Å²) < 4.78 is 12.0. The van der Waals surface area contributed by atoms with Crippen molar-refractivity contribution in [1.29, 1.82) is 0 Å². The molecule has 0 spiro atoms. The van der Waals surface area contributed by atoms with Gasteiger partial charge in [0, 0.05) is 49.8 Å². The summed E-state index contributed by atoms with van der Waals surface area (Å²) in [5.74, 6) is 0.935. The zero-order chi connectivity index (χ0) is 31.2. The maximum atomic E-state index is 13.6. The third kappa shape index (κ3) is 7.23. The van der Waals surface area contributed by atoms with E-state index in [1.54, 1.807) is 6.07 Å². The normalized spacial score (nSPS) is 13.6. The van der Waals surface area contributed by atoms with Crippen LogP contribution in [0.3, 0.4) is 0 Å². The molecule has 1 aromatic heterocycles. The van der Waals surface area contributed by atoms with Gasteiger partial charge >= 0.3 is 0 Å². The van der Waals surface area contributed by atoms with Gasteiger partial charge in [0.2, 0.25) is 11.8 Å². The summed E-state index contributed by atoms with van der Waals surface area (Å²) in [4.78, 5) is 27.4. The van der Waals surface area contributed by atoms with Crippen LogP contribution in [0.2, 0.25) is 5.02 Å². The Balaban J connectivity index is 1.41. The number of aromatic nitrogens is 2. The number of nitrogens with one attached hydrogen (secondary N) is 2. The Labute approximate surface area is 264 Å². The maximum absolute atomic E-state index is 13.6. The Morgan fingerprint density at radius 2 is 1.68 bits per heavy atom. The van der Waals surface area contributed by atoms with Gasteiger partial charge in [0.15, 0.2) is 11.5 Å². The average molecular weight is 615 g/mol. The van der Waals surface area contributed by atoms with Crippen LogP contribution in [-0.4, -0.2) is 59.6 Å². The van der Waals surface area contributed by atoms with Gasteiger partial charge in [-0.15, -0.1) is 0 Å². The van der Waals surface area contributed by atoms with Crippen LogP contribution >= 0.6 is 11.6 Å². The molecule has 3 aromatic carbocycles. The first-order valence-electron chi connectivity index (χ1n) is 14.9. The molecular weight excluding hydrogens is 576 g/mol. The molecule has 1 aliphatic heterocycles. The van der Waals surface area contributed by atoms with Gasteiger partial charge in [-0.05, 0) is 76.1 Å². The number of piperazine rings is 1. The SMILES string of the molecule is CCOc1ccccc1Oc1nc(Nc2ccc(N3CCN(C(C)C)CC3)c(Cl)c2)ncc1C(=O)Nc1c(C)cccc1C. The molecular formula is C34H39ClN6O3. The summed E-state index contributed by atoms with van der Waals surface area (Å²) in [6.07, 6.45) is 1.46. The number of benzene rings is 3. The Morgan fingerprint density at radius 3 is 2.34 bits per heavy atom. The van der Waals surface area contributed by atoms with Crippen LogP contribution in [-0.2, 0) is 0 Å². The third-order valence-corrected chi connectivity index (χ3v) is 7.97. The van der Waals surface area contributed by atoms with Crippen molar-refractivity contribution in [1.82, 2.24) is 14.9 Å². The molecule has 0 radical (unpaired) electrons. The first-order valence-corrected chi connectivity index (χ1v) is 15.3. The fourth-order valence-corrected chi connectivity index (χ4v) is 5.52. The maximum Gasteiger partial charge on any atom is 0.262 e.